The highest BCUT2D eigenvalue weighted by Gasteiger charge is 2.27. The maximum absolute atomic E-state index is 14.1. The van der Waals surface area contributed by atoms with Gasteiger partial charge in [0.05, 0.1) is 17.3 Å². The second-order valence-electron chi connectivity index (χ2n) is 10.5. The molecular formula is C30H37ClFN5O2. The summed E-state index contributed by atoms with van der Waals surface area (Å²) in [7, 11) is 0. The van der Waals surface area contributed by atoms with Crippen LogP contribution in [-0.4, -0.2) is 73.0 Å². The number of nitrogens with zero attached hydrogens (tertiary/aromatic N) is 4. The van der Waals surface area contributed by atoms with Crippen LogP contribution in [0.15, 0.2) is 52.9 Å². The van der Waals surface area contributed by atoms with Gasteiger partial charge in [-0.25, -0.2) is 9.37 Å². The molecule has 0 aliphatic carbocycles. The highest BCUT2D eigenvalue weighted by Crippen LogP contribution is 2.26. The Morgan fingerprint density at radius 1 is 1.10 bits per heavy atom. The maximum atomic E-state index is 14.1. The molecule has 1 amide bonds. The molecule has 5 rings (SSSR count). The Balaban J connectivity index is 1.03. The van der Waals surface area contributed by atoms with Gasteiger partial charge in [0, 0.05) is 56.4 Å². The first-order valence-corrected chi connectivity index (χ1v) is 14.3. The fraction of sp³-hybridized carbons (Fsp3) is 0.467. The summed E-state index contributed by atoms with van der Waals surface area (Å²) >= 11 is 6.13. The molecule has 3 aromatic rings. The van der Waals surface area contributed by atoms with Crippen molar-refractivity contribution in [2.45, 2.75) is 32.7 Å². The third kappa shape index (κ3) is 7.18. The van der Waals surface area contributed by atoms with Crippen molar-refractivity contribution in [1.29, 1.82) is 0 Å². The minimum atomic E-state index is -0.159. The molecular weight excluding hydrogens is 517 g/mol. The number of nitrogens with one attached hydrogen (secondary N) is 1. The predicted octanol–water partition coefficient (Wildman–Crippen LogP) is 4.98. The smallest absolute Gasteiger partial charge is 0.226 e. The third-order valence-corrected chi connectivity index (χ3v) is 7.96. The molecule has 2 aliphatic heterocycles. The molecule has 1 aromatic heterocycles. The van der Waals surface area contributed by atoms with Gasteiger partial charge in [0.15, 0.2) is 0 Å². The van der Waals surface area contributed by atoms with Crippen molar-refractivity contribution < 1.29 is 13.6 Å². The van der Waals surface area contributed by atoms with E-state index in [0.717, 1.165) is 82.1 Å². The lowest BCUT2D eigenvalue weighted by molar-refractivity contribution is -0.126. The number of para-hydroxylation sites is 1. The average Bonchev–Trinajstić information content (AvgIpc) is 3.31. The lowest BCUT2D eigenvalue weighted by atomic mass is 9.97. The molecule has 2 saturated heterocycles. The second kappa shape index (κ2) is 12.9. The van der Waals surface area contributed by atoms with Crippen LogP contribution in [0.4, 0.5) is 10.1 Å². The van der Waals surface area contributed by atoms with Crippen LogP contribution >= 0.6 is 11.6 Å². The van der Waals surface area contributed by atoms with Gasteiger partial charge in [-0.1, -0.05) is 29.8 Å². The zero-order chi connectivity index (χ0) is 27.2. The van der Waals surface area contributed by atoms with Crippen LogP contribution < -0.4 is 10.2 Å². The summed E-state index contributed by atoms with van der Waals surface area (Å²) in [4.78, 5) is 24.5. The Morgan fingerprint density at radius 2 is 1.92 bits per heavy atom. The maximum Gasteiger partial charge on any atom is 0.226 e. The fourth-order valence-corrected chi connectivity index (χ4v) is 5.71. The summed E-state index contributed by atoms with van der Waals surface area (Å²) in [6.45, 7) is 9.32. The van der Waals surface area contributed by atoms with Crippen LogP contribution in [0, 0.1) is 18.7 Å². The summed E-state index contributed by atoms with van der Waals surface area (Å²) in [6.07, 6.45) is 2.81. The number of halogens is 2. The monoisotopic (exact) mass is 553 g/mol. The topological polar surface area (TPSA) is 64.9 Å². The number of aryl methyl sites for hydroxylation is 1. The van der Waals surface area contributed by atoms with Gasteiger partial charge in [0.2, 0.25) is 11.8 Å². The van der Waals surface area contributed by atoms with Crippen LogP contribution in [0.1, 0.15) is 30.7 Å². The normalized spacial score (nSPS) is 18.8. The number of oxazole rings is 1. The minimum absolute atomic E-state index is 0.0114. The lowest BCUT2D eigenvalue weighted by Gasteiger charge is -2.36. The van der Waals surface area contributed by atoms with Crippen molar-refractivity contribution in [3.05, 3.63) is 70.8 Å². The number of piperidine rings is 1. The van der Waals surface area contributed by atoms with Gasteiger partial charge in [-0.15, -0.1) is 0 Å². The van der Waals surface area contributed by atoms with Gasteiger partial charge in [-0.2, -0.15) is 0 Å². The number of likely N-dealkylation sites (tertiary alicyclic amines) is 1. The number of amides is 1. The molecule has 1 atom stereocenters. The average molecular weight is 554 g/mol. The van der Waals surface area contributed by atoms with Crippen molar-refractivity contribution in [1.82, 2.24) is 20.1 Å². The van der Waals surface area contributed by atoms with Crippen molar-refractivity contribution >= 4 is 23.2 Å². The number of carbonyl (C=O) groups is 1. The van der Waals surface area contributed by atoms with Gasteiger partial charge in [-0.3, -0.25) is 14.6 Å². The molecule has 1 N–H and O–H groups in total. The zero-order valence-corrected chi connectivity index (χ0v) is 23.3. The number of anilines is 1. The zero-order valence-electron chi connectivity index (χ0n) is 22.5. The number of benzene rings is 2. The number of hydrogen-bond donors (Lipinski definition) is 1. The molecule has 39 heavy (non-hydrogen) atoms. The molecule has 1 unspecified atom stereocenters. The Bertz CT molecular complexity index is 1260. The number of carbonyl (C=O) groups excluding carboxylic acids is 1. The molecule has 0 spiro atoms. The quantitative estimate of drug-likeness (QED) is 0.377. The summed E-state index contributed by atoms with van der Waals surface area (Å²) < 4.78 is 20.0. The van der Waals surface area contributed by atoms with Crippen LogP contribution in [0.5, 0.6) is 0 Å². The van der Waals surface area contributed by atoms with E-state index in [1.54, 1.807) is 6.07 Å². The molecule has 2 fully saturated rings. The fourth-order valence-electron chi connectivity index (χ4n) is 5.52. The molecule has 0 bridgehead atoms. The van der Waals surface area contributed by atoms with Gasteiger partial charge >= 0.3 is 0 Å². The van der Waals surface area contributed by atoms with E-state index in [9.17, 15) is 9.18 Å². The minimum Gasteiger partial charge on any atom is -0.441 e. The Hall–Kier alpha value is -2.94. The van der Waals surface area contributed by atoms with E-state index in [1.807, 2.05) is 43.3 Å². The molecule has 208 valence electrons. The van der Waals surface area contributed by atoms with E-state index in [4.69, 9.17) is 21.0 Å². The molecule has 2 aromatic carbocycles. The third-order valence-electron chi connectivity index (χ3n) is 7.73. The summed E-state index contributed by atoms with van der Waals surface area (Å²) in [5.74, 6) is 1.34. The van der Waals surface area contributed by atoms with Gasteiger partial charge in [0.25, 0.3) is 0 Å². The SMILES string of the molecule is Cc1oc(-c2cccc(Cl)c2)nc1CN1CCCC(C(=O)NCCCN2CCN(c3ccccc3F)CC2)C1. The predicted molar refractivity (Wildman–Crippen MR) is 152 cm³/mol. The van der Waals surface area contributed by atoms with Gasteiger partial charge in [-0.05, 0) is 69.6 Å². The van der Waals surface area contributed by atoms with Crippen molar-refractivity contribution in [2.24, 2.45) is 5.92 Å². The van der Waals surface area contributed by atoms with E-state index >= 15 is 0 Å². The summed E-state index contributed by atoms with van der Waals surface area (Å²) in [6, 6.07) is 14.5. The number of piperazine rings is 1. The van der Waals surface area contributed by atoms with Gasteiger partial charge < -0.3 is 14.6 Å². The first kappa shape index (κ1) is 27.6. The van der Waals surface area contributed by atoms with E-state index in [-0.39, 0.29) is 17.6 Å². The number of rotatable bonds is 9. The largest absolute Gasteiger partial charge is 0.441 e. The lowest BCUT2D eigenvalue weighted by Crippen LogP contribution is -2.47. The van der Waals surface area contributed by atoms with E-state index in [1.165, 1.54) is 6.07 Å². The van der Waals surface area contributed by atoms with Crippen molar-refractivity contribution in [3.8, 4) is 11.5 Å². The molecule has 7 nitrogen and oxygen atoms in total. The first-order chi connectivity index (χ1) is 19.0. The highest BCUT2D eigenvalue weighted by atomic mass is 35.5. The van der Waals surface area contributed by atoms with Crippen molar-refractivity contribution in [2.75, 3.05) is 57.3 Å². The highest BCUT2D eigenvalue weighted by molar-refractivity contribution is 6.30. The standard InChI is InChI=1S/C30H37ClFN5O2/c1-22-27(34-30(39-22)23-7-4-9-25(31)19-23)21-36-13-5-8-24(20-36)29(38)33-12-6-14-35-15-17-37(18-16-35)28-11-3-2-10-26(28)32/h2-4,7,9-11,19,24H,5-6,8,12-18,20-21H2,1H3,(H,33,38). The van der Waals surface area contributed by atoms with Crippen LogP contribution in [0.2, 0.25) is 5.02 Å². The second-order valence-corrected chi connectivity index (χ2v) is 11.0. The molecule has 3 heterocycles. The van der Waals surface area contributed by atoms with Crippen LogP contribution in [0.3, 0.4) is 0 Å². The first-order valence-electron chi connectivity index (χ1n) is 13.9. The molecule has 0 radical (unpaired) electrons. The molecule has 0 saturated carbocycles. The van der Waals surface area contributed by atoms with Gasteiger partial charge in [0.1, 0.15) is 11.6 Å². The van der Waals surface area contributed by atoms with Crippen molar-refractivity contribution in [3.63, 3.8) is 0 Å². The van der Waals surface area contributed by atoms with Crippen LogP contribution in [-0.2, 0) is 11.3 Å². The number of hydrogen-bond acceptors (Lipinski definition) is 6. The number of aromatic nitrogens is 1. The summed E-state index contributed by atoms with van der Waals surface area (Å²) in [5, 5.41) is 3.81. The Labute approximate surface area is 234 Å². The Morgan fingerprint density at radius 3 is 2.72 bits per heavy atom. The summed E-state index contributed by atoms with van der Waals surface area (Å²) in [5.41, 5.74) is 2.45. The van der Waals surface area contributed by atoms with E-state index in [0.29, 0.717) is 29.7 Å². The van der Waals surface area contributed by atoms with E-state index in [2.05, 4.69) is 20.0 Å². The Kier molecular flexibility index (Phi) is 9.17. The molecule has 9 heteroatoms. The molecule has 2 aliphatic rings. The van der Waals surface area contributed by atoms with E-state index < -0.39 is 0 Å². The van der Waals surface area contributed by atoms with Crippen LogP contribution in [0.25, 0.3) is 11.5 Å².